The molecule has 0 N–H and O–H groups in total. The molecule has 0 saturated carbocycles. The minimum absolute atomic E-state index is 0.206. The molecule has 0 bridgehead atoms. The van der Waals surface area contributed by atoms with Gasteiger partial charge < -0.3 is 28.4 Å². The van der Waals surface area contributed by atoms with Crippen molar-refractivity contribution in [2.24, 2.45) is 0 Å². The summed E-state index contributed by atoms with van der Waals surface area (Å²) in [5.41, 5.74) is 7.08. The van der Waals surface area contributed by atoms with E-state index in [9.17, 15) is 28.8 Å². The van der Waals surface area contributed by atoms with Crippen molar-refractivity contribution < 1.29 is 57.2 Å². The molecule has 0 fully saturated rings. The first-order chi connectivity index (χ1) is 32.1. The number of esters is 6. The molecule has 0 heterocycles. The number of ether oxygens (including phenoxy) is 6. The van der Waals surface area contributed by atoms with E-state index in [4.69, 9.17) is 28.4 Å². The van der Waals surface area contributed by atoms with Crippen molar-refractivity contribution in [2.75, 3.05) is 41.2 Å². The lowest BCUT2D eigenvalue weighted by Crippen LogP contribution is -2.24. The van der Waals surface area contributed by atoms with Crippen LogP contribution in [-0.4, -0.2) is 77.0 Å². The van der Waals surface area contributed by atoms with Crippen LogP contribution in [0.5, 0.6) is 0 Å². The number of carbonyl (C=O) groups is 6. The molecule has 3 aromatic carbocycles. The smallest absolute Gasteiger partial charge is 0.338 e. The maximum absolute atomic E-state index is 12.5. The molecule has 3 aliphatic carbocycles. The second-order valence-electron chi connectivity index (χ2n) is 17.1. The number of aryl methyl sites for hydroxylation is 3. The Kier molecular flexibility index (Phi) is 22.9. The molecule has 0 saturated heterocycles. The molecular formula is C54H72O12. The number of carbonyl (C=O) groups excluding carboxylic acids is 6. The Bertz CT molecular complexity index is 2070. The van der Waals surface area contributed by atoms with E-state index in [1.165, 1.54) is 40.6 Å². The molecule has 66 heavy (non-hydrogen) atoms. The van der Waals surface area contributed by atoms with E-state index in [1.807, 2.05) is 43.3 Å². The third kappa shape index (κ3) is 14.7. The standard InChI is InChI=1S/C20H28O4.C18H24O4.C16H20O4/c1-3-4-5-6-7-14-24-20(22)17-13-9-11-15-10-8-12-16(18(15)17)19(21)23-2;1-3-4-5-12-22-18(20)15-11-7-9-13-8-6-10-14(16(13)15)17(19)21-2;1-3-10-20-16(18)13-9-5-7-11-6-4-8-12(14(11)13)15(17)19-2/h8,10,12,17H,3-7,9,11,13-14H2,1-2H3;6,8,10,15H,3-5,7,9,11-12H2,1-2H3;4,6,8,13H,3,5,7,9-10H2,1-2H3. The lowest BCUT2D eigenvalue weighted by atomic mass is 9.80. The lowest BCUT2D eigenvalue weighted by Gasteiger charge is -2.26. The molecule has 3 aliphatic rings. The Morgan fingerprint density at radius 3 is 1.08 bits per heavy atom. The molecule has 0 aliphatic heterocycles. The van der Waals surface area contributed by atoms with Crippen molar-refractivity contribution in [3.05, 3.63) is 105 Å². The van der Waals surface area contributed by atoms with E-state index < -0.39 is 5.97 Å². The summed E-state index contributed by atoms with van der Waals surface area (Å²) in [4.78, 5) is 73.1. The number of unbranched alkanes of at least 4 members (excludes halogenated alkanes) is 6. The molecule has 360 valence electrons. The topological polar surface area (TPSA) is 158 Å². The largest absolute Gasteiger partial charge is 0.465 e. The van der Waals surface area contributed by atoms with Gasteiger partial charge in [-0.3, -0.25) is 14.4 Å². The first kappa shape index (κ1) is 53.1. The van der Waals surface area contributed by atoms with Crippen LogP contribution in [0.3, 0.4) is 0 Å². The van der Waals surface area contributed by atoms with Gasteiger partial charge >= 0.3 is 35.8 Å². The molecule has 0 aromatic heterocycles. The zero-order valence-corrected chi connectivity index (χ0v) is 40.2. The normalized spacial score (nSPS) is 16.7. The number of methoxy groups -OCH3 is 3. The zero-order valence-electron chi connectivity index (χ0n) is 40.2. The molecule has 3 aromatic rings. The van der Waals surface area contributed by atoms with Gasteiger partial charge in [-0.05, 0) is 129 Å². The predicted octanol–water partition coefficient (Wildman–Crippen LogP) is 10.9. The highest BCUT2D eigenvalue weighted by Crippen LogP contribution is 2.38. The molecule has 12 nitrogen and oxygen atoms in total. The van der Waals surface area contributed by atoms with E-state index in [0.717, 1.165) is 130 Å². The van der Waals surface area contributed by atoms with Crippen molar-refractivity contribution in [1.29, 1.82) is 0 Å². The molecule has 0 amide bonds. The second kappa shape index (κ2) is 28.5. The summed E-state index contributed by atoms with van der Waals surface area (Å²) in [6.45, 7) is 7.60. The second-order valence-corrected chi connectivity index (χ2v) is 17.1. The average molecular weight is 913 g/mol. The van der Waals surface area contributed by atoms with Gasteiger partial charge in [0.05, 0.1) is 75.6 Å². The van der Waals surface area contributed by atoms with Crippen LogP contribution in [0.25, 0.3) is 0 Å². The molecule has 0 radical (unpaired) electrons. The summed E-state index contributed by atoms with van der Waals surface area (Å²) in [7, 11) is 4.09. The summed E-state index contributed by atoms with van der Waals surface area (Å²) in [6, 6.07) is 16.7. The van der Waals surface area contributed by atoms with Gasteiger partial charge in [-0.2, -0.15) is 0 Å². The summed E-state index contributed by atoms with van der Waals surface area (Å²) in [6.07, 6.45) is 17.1. The number of hydrogen-bond donors (Lipinski definition) is 0. The Balaban J connectivity index is 0.000000217. The number of rotatable bonds is 18. The monoisotopic (exact) mass is 913 g/mol. The van der Waals surface area contributed by atoms with Gasteiger partial charge in [0.25, 0.3) is 0 Å². The summed E-state index contributed by atoms with van der Waals surface area (Å²) in [5.74, 6) is -2.85. The van der Waals surface area contributed by atoms with E-state index in [0.29, 0.717) is 36.5 Å². The van der Waals surface area contributed by atoms with Crippen molar-refractivity contribution in [3.8, 4) is 0 Å². The predicted molar refractivity (Wildman–Crippen MR) is 252 cm³/mol. The van der Waals surface area contributed by atoms with Crippen LogP contribution in [0.4, 0.5) is 0 Å². The van der Waals surface area contributed by atoms with Crippen molar-refractivity contribution in [2.45, 2.75) is 154 Å². The van der Waals surface area contributed by atoms with Crippen molar-refractivity contribution >= 4 is 35.8 Å². The van der Waals surface area contributed by atoms with Gasteiger partial charge in [-0.15, -0.1) is 0 Å². The maximum atomic E-state index is 12.5. The minimum atomic E-state index is -0.392. The fourth-order valence-electron chi connectivity index (χ4n) is 9.13. The third-order valence-corrected chi connectivity index (χ3v) is 12.5. The SMILES string of the molecule is CCCCCCCOC(=O)C1CCCc2cccc(C(=O)OC)c21.CCCCCOC(=O)C1CCCc2cccc(C(=O)OC)c21.CCCOC(=O)C1CCCc2cccc(C(=O)OC)c21. The number of benzene rings is 3. The van der Waals surface area contributed by atoms with Crippen LogP contribution in [0, 0.1) is 0 Å². The fourth-order valence-corrected chi connectivity index (χ4v) is 9.13. The Morgan fingerprint density at radius 2 is 0.742 bits per heavy atom. The molecule has 12 heteroatoms. The summed E-state index contributed by atoms with van der Waals surface area (Å²) >= 11 is 0. The fraction of sp³-hybridized carbons (Fsp3) is 0.556. The highest BCUT2D eigenvalue weighted by Gasteiger charge is 2.34. The Morgan fingerprint density at radius 1 is 0.424 bits per heavy atom. The highest BCUT2D eigenvalue weighted by molar-refractivity contribution is 5.96. The van der Waals surface area contributed by atoms with Gasteiger partial charge in [0.1, 0.15) is 0 Å². The maximum Gasteiger partial charge on any atom is 0.338 e. The Hall–Kier alpha value is -5.52. The van der Waals surface area contributed by atoms with Crippen LogP contribution in [-0.2, 0) is 62.1 Å². The highest BCUT2D eigenvalue weighted by atomic mass is 16.5. The summed E-state index contributed by atoms with van der Waals surface area (Å²) in [5, 5.41) is 0. The molecule has 6 rings (SSSR count). The molecule has 0 spiro atoms. The van der Waals surface area contributed by atoms with Crippen LogP contribution in [0.2, 0.25) is 0 Å². The molecule has 3 atom stereocenters. The van der Waals surface area contributed by atoms with E-state index in [2.05, 4.69) is 13.8 Å². The lowest BCUT2D eigenvalue weighted by molar-refractivity contribution is -0.146. The summed E-state index contributed by atoms with van der Waals surface area (Å²) < 4.78 is 30.7. The number of fused-ring (bicyclic) bond motifs is 3. The van der Waals surface area contributed by atoms with Crippen LogP contribution in [0.1, 0.15) is 199 Å². The van der Waals surface area contributed by atoms with E-state index >= 15 is 0 Å². The van der Waals surface area contributed by atoms with E-state index in [1.54, 1.807) is 18.2 Å². The van der Waals surface area contributed by atoms with E-state index in [-0.39, 0.29) is 47.6 Å². The zero-order chi connectivity index (χ0) is 47.8. The van der Waals surface area contributed by atoms with Crippen LogP contribution >= 0.6 is 0 Å². The Labute approximate surface area is 391 Å². The first-order valence-electron chi connectivity index (χ1n) is 24.2. The first-order valence-corrected chi connectivity index (χ1v) is 24.2. The van der Waals surface area contributed by atoms with Gasteiger partial charge in [0, 0.05) is 0 Å². The average Bonchev–Trinajstić information content (AvgIpc) is 3.36. The van der Waals surface area contributed by atoms with Crippen molar-refractivity contribution in [3.63, 3.8) is 0 Å². The molecular weight excluding hydrogens is 841 g/mol. The van der Waals surface area contributed by atoms with Crippen LogP contribution < -0.4 is 0 Å². The van der Waals surface area contributed by atoms with Gasteiger partial charge in [-0.25, -0.2) is 14.4 Å². The van der Waals surface area contributed by atoms with Gasteiger partial charge in [-0.1, -0.05) is 95.7 Å². The quantitative estimate of drug-likeness (QED) is 0.0677. The van der Waals surface area contributed by atoms with Gasteiger partial charge in [0.15, 0.2) is 0 Å². The van der Waals surface area contributed by atoms with Crippen molar-refractivity contribution in [1.82, 2.24) is 0 Å². The third-order valence-electron chi connectivity index (χ3n) is 12.5. The molecule has 3 unspecified atom stereocenters. The minimum Gasteiger partial charge on any atom is -0.465 e. The van der Waals surface area contributed by atoms with Gasteiger partial charge in [0.2, 0.25) is 0 Å². The van der Waals surface area contributed by atoms with Crippen LogP contribution in [0.15, 0.2) is 54.6 Å². The number of hydrogen-bond acceptors (Lipinski definition) is 12.